The van der Waals surface area contributed by atoms with Gasteiger partial charge in [-0.25, -0.2) is 4.98 Å². The fourth-order valence-electron chi connectivity index (χ4n) is 2.78. The monoisotopic (exact) mass is 330 g/mol. The van der Waals surface area contributed by atoms with Crippen LogP contribution in [0.2, 0.25) is 0 Å². The van der Waals surface area contributed by atoms with Crippen LogP contribution in [0.3, 0.4) is 0 Å². The molecule has 0 spiro atoms. The SMILES string of the molecule is Cc1ccccc1CNc1nc(NC2CC2)cc(-c2ccccc2)n1. The Morgan fingerprint density at radius 1 is 0.960 bits per heavy atom. The maximum atomic E-state index is 4.71. The summed E-state index contributed by atoms with van der Waals surface area (Å²) in [6.07, 6.45) is 2.44. The van der Waals surface area contributed by atoms with Crippen LogP contribution in [0.1, 0.15) is 24.0 Å². The van der Waals surface area contributed by atoms with E-state index in [0.29, 0.717) is 18.5 Å². The van der Waals surface area contributed by atoms with Gasteiger partial charge in [-0.15, -0.1) is 0 Å². The van der Waals surface area contributed by atoms with Gasteiger partial charge >= 0.3 is 0 Å². The number of nitrogens with zero attached hydrogens (tertiary/aromatic N) is 2. The van der Waals surface area contributed by atoms with Crippen molar-refractivity contribution in [2.45, 2.75) is 32.4 Å². The summed E-state index contributed by atoms with van der Waals surface area (Å²) in [6.45, 7) is 2.84. The van der Waals surface area contributed by atoms with E-state index in [2.05, 4.69) is 58.9 Å². The summed E-state index contributed by atoms with van der Waals surface area (Å²) >= 11 is 0. The highest BCUT2D eigenvalue weighted by Gasteiger charge is 2.22. The van der Waals surface area contributed by atoms with Gasteiger partial charge in [0.2, 0.25) is 5.95 Å². The summed E-state index contributed by atoms with van der Waals surface area (Å²) in [7, 11) is 0. The first-order valence-corrected chi connectivity index (χ1v) is 8.77. The molecule has 1 aromatic heterocycles. The lowest BCUT2D eigenvalue weighted by Gasteiger charge is -2.12. The number of anilines is 2. The van der Waals surface area contributed by atoms with Crippen LogP contribution in [0.5, 0.6) is 0 Å². The fourth-order valence-corrected chi connectivity index (χ4v) is 2.78. The zero-order valence-corrected chi connectivity index (χ0v) is 14.4. The van der Waals surface area contributed by atoms with Crippen LogP contribution in [0.4, 0.5) is 11.8 Å². The molecular weight excluding hydrogens is 308 g/mol. The van der Waals surface area contributed by atoms with E-state index >= 15 is 0 Å². The van der Waals surface area contributed by atoms with Crippen LogP contribution in [0.15, 0.2) is 60.7 Å². The Balaban J connectivity index is 1.60. The zero-order chi connectivity index (χ0) is 17.1. The fraction of sp³-hybridized carbons (Fsp3) is 0.238. The molecular formula is C21H22N4. The van der Waals surface area contributed by atoms with E-state index in [4.69, 9.17) is 4.98 Å². The van der Waals surface area contributed by atoms with Crippen molar-refractivity contribution in [3.63, 3.8) is 0 Å². The Morgan fingerprint density at radius 2 is 1.72 bits per heavy atom. The molecule has 4 rings (SSSR count). The molecule has 1 aliphatic rings. The van der Waals surface area contributed by atoms with Gasteiger partial charge in [-0.2, -0.15) is 4.98 Å². The number of hydrogen-bond acceptors (Lipinski definition) is 4. The molecule has 4 nitrogen and oxygen atoms in total. The van der Waals surface area contributed by atoms with Crippen molar-refractivity contribution in [3.8, 4) is 11.3 Å². The number of hydrogen-bond donors (Lipinski definition) is 2. The average Bonchev–Trinajstić information content (AvgIpc) is 3.46. The number of benzene rings is 2. The minimum atomic E-state index is 0.558. The molecule has 2 aromatic carbocycles. The van der Waals surface area contributed by atoms with Gasteiger partial charge in [-0.3, -0.25) is 0 Å². The van der Waals surface area contributed by atoms with Crippen molar-refractivity contribution < 1.29 is 0 Å². The smallest absolute Gasteiger partial charge is 0.225 e. The molecule has 2 N–H and O–H groups in total. The van der Waals surface area contributed by atoms with Crippen LogP contribution in [-0.2, 0) is 6.54 Å². The Bertz CT molecular complexity index is 857. The Hall–Kier alpha value is -2.88. The molecule has 4 heteroatoms. The van der Waals surface area contributed by atoms with Gasteiger partial charge in [-0.05, 0) is 30.9 Å². The number of rotatable bonds is 6. The quantitative estimate of drug-likeness (QED) is 0.691. The van der Waals surface area contributed by atoms with Crippen LogP contribution < -0.4 is 10.6 Å². The maximum absolute atomic E-state index is 4.71. The minimum Gasteiger partial charge on any atom is -0.367 e. The molecule has 1 heterocycles. The molecule has 1 aliphatic carbocycles. The number of aryl methyl sites for hydroxylation is 1. The third-order valence-corrected chi connectivity index (χ3v) is 4.42. The van der Waals surface area contributed by atoms with Gasteiger partial charge in [-0.1, -0.05) is 54.6 Å². The van der Waals surface area contributed by atoms with Crippen molar-refractivity contribution >= 4 is 11.8 Å². The topological polar surface area (TPSA) is 49.8 Å². The molecule has 25 heavy (non-hydrogen) atoms. The molecule has 126 valence electrons. The van der Waals surface area contributed by atoms with Crippen molar-refractivity contribution in [3.05, 3.63) is 71.8 Å². The van der Waals surface area contributed by atoms with Crippen molar-refractivity contribution in [2.24, 2.45) is 0 Å². The predicted octanol–water partition coefficient (Wildman–Crippen LogP) is 4.64. The second-order valence-corrected chi connectivity index (χ2v) is 6.53. The molecule has 0 saturated heterocycles. The highest BCUT2D eigenvalue weighted by Crippen LogP contribution is 2.27. The van der Waals surface area contributed by atoms with Gasteiger partial charge in [0, 0.05) is 24.2 Å². The molecule has 3 aromatic rings. The Kier molecular flexibility index (Phi) is 4.34. The van der Waals surface area contributed by atoms with Crippen molar-refractivity contribution in [1.82, 2.24) is 9.97 Å². The summed E-state index contributed by atoms with van der Waals surface area (Å²) < 4.78 is 0. The molecule has 0 unspecified atom stereocenters. The van der Waals surface area contributed by atoms with Crippen LogP contribution >= 0.6 is 0 Å². The first-order valence-electron chi connectivity index (χ1n) is 8.77. The number of aromatic nitrogens is 2. The molecule has 0 radical (unpaired) electrons. The van der Waals surface area contributed by atoms with Crippen molar-refractivity contribution in [1.29, 1.82) is 0 Å². The average molecular weight is 330 g/mol. The van der Waals surface area contributed by atoms with E-state index in [0.717, 1.165) is 17.1 Å². The highest BCUT2D eigenvalue weighted by atomic mass is 15.2. The lowest BCUT2D eigenvalue weighted by Crippen LogP contribution is -2.09. The molecule has 0 amide bonds. The largest absolute Gasteiger partial charge is 0.367 e. The van der Waals surface area contributed by atoms with E-state index in [-0.39, 0.29) is 0 Å². The first-order chi connectivity index (χ1) is 12.3. The van der Waals surface area contributed by atoms with Crippen LogP contribution in [-0.4, -0.2) is 16.0 Å². The van der Waals surface area contributed by atoms with E-state index in [1.165, 1.54) is 24.0 Å². The summed E-state index contributed by atoms with van der Waals surface area (Å²) in [5.41, 5.74) is 4.56. The molecule has 0 bridgehead atoms. The second kappa shape index (κ2) is 6.93. The Labute approximate surface area is 148 Å². The lowest BCUT2D eigenvalue weighted by molar-refractivity contribution is 1.03. The molecule has 1 saturated carbocycles. The normalized spacial score (nSPS) is 13.5. The second-order valence-electron chi connectivity index (χ2n) is 6.53. The van der Waals surface area contributed by atoms with Crippen LogP contribution in [0, 0.1) is 6.92 Å². The third-order valence-electron chi connectivity index (χ3n) is 4.42. The molecule has 1 fully saturated rings. The molecule has 0 aliphatic heterocycles. The van der Waals surface area contributed by atoms with Crippen LogP contribution in [0.25, 0.3) is 11.3 Å². The van der Waals surface area contributed by atoms with Gasteiger partial charge in [0.05, 0.1) is 5.69 Å². The zero-order valence-electron chi connectivity index (χ0n) is 14.4. The van der Waals surface area contributed by atoms with E-state index in [1.54, 1.807) is 0 Å². The summed E-state index contributed by atoms with van der Waals surface area (Å²) in [6, 6.07) is 21.2. The Morgan fingerprint density at radius 3 is 2.48 bits per heavy atom. The van der Waals surface area contributed by atoms with Crippen molar-refractivity contribution in [2.75, 3.05) is 10.6 Å². The lowest BCUT2D eigenvalue weighted by atomic mass is 10.1. The van der Waals surface area contributed by atoms with E-state index in [1.807, 2.05) is 24.3 Å². The number of nitrogens with one attached hydrogen (secondary N) is 2. The summed E-state index contributed by atoms with van der Waals surface area (Å²) in [4.78, 5) is 9.36. The summed E-state index contributed by atoms with van der Waals surface area (Å²) in [5.74, 6) is 1.55. The van der Waals surface area contributed by atoms with E-state index in [9.17, 15) is 0 Å². The van der Waals surface area contributed by atoms with E-state index < -0.39 is 0 Å². The minimum absolute atomic E-state index is 0.558. The first kappa shape index (κ1) is 15.6. The van der Waals surface area contributed by atoms with Gasteiger partial charge in [0.1, 0.15) is 5.82 Å². The third kappa shape index (κ3) is 3.97. The van der Waals surface area contributed by atoms with Gasteiger partial charge < -0.3 is 10.6 Å². The summed E-state index contributed by atoms with van der Waals surface area (Å²) in [5, 5.41) is 6.87. The standard InChI is InChI=1S/C21H22N4/c1-15-7-5-6-10-17(15)14-22-21-24-19(16-8-3-2-4-9-16)13-20(25-21)23-18-11-12-18/h2-10,13,18H,11-12,14H2,1H3,(H2,22,23,24,25). The molecule has 0 atom stereocenters. The predicted molar refractivity (Wildman–Crippen MR) is 103 cm³/mol. The van der Waals surface area contributed by atoms with Gasteiger partial charge in [0.15, 0.2) is 0 Å². The maximum Gasteiger partial charge on any atom is 0.225 e. The highest BCUT2D eigenvalue weighted by molar-refractivity contribution is 5.64. The van der Waals surface area contributed by atoms with Gasteiger partial charge in [0.25, 0.3) is 0 Å².